The van der Waals surface area contributed by atoms with Gasteiger partial charge in [0.15, 0.2) is 0 Å². The van der Waals surface area contributed by atoms with E-state index in [0.717, 1.165) is 12.8 Å². The van der Waals surface area contributed by atoms with Crippen molar-refractivity contribution in [1.82, 2.24) is 0 Å². The molecule has 0 aliphatic carbocycles. The summed E-state index contributed by atoms with van der Waals surface area (Å²) >= 11 is 0. The predicted octanol–water partition coefficient (Wildman–Crippen LogP) is 3.18. The molecule has 0 amide bonds. The molecule has 1 aromatic rings. The lowest BCUT2D eigenvalue weighted by molar-refractivity contribution is 0.117. The molecule has 0 bridgehead atoms. The second-order valence-corrected chi connectivity index (χ2v) is 3.40. The van der Waals surface area contributed by atoms with E-state index < -0.39 is 0 Å². The Morgan fingerprint density at radius 3 is 2.94 bits per heavy atom. The Bertz CT molecular complexity index is 395. The third kappa shape index (κ3) is 3.84. The third-order valence-electron chi connectivity index (χ3n) is 2.14. The van der Waals surface area contributed by atoms with Gasteiger partial charge < -0.3 is 4.74 Å². The molecule has 0 aliphatic heterocycles. The highest BCUT2D eigenvalue weighted by Crippen LogP contribution is 2.11. The fourth-order valence-corrected chi connectivity index (χ4v) is 1.25. The number of nitrogens with zero attached hydrogens (tertiary/aromatic N) is 1. The fourth-order valence-electron chi connectivity index (χ4n) is 1.25. The van der Waals surface area contributed by atoms with Crippen molar-refractivity contribution in [2.75, 3.05) is 6.61 Å². The quantitative estimate of drug-likeness (QED) is 0.543. The molecule has 1 rings (SSSR count). The highest BCUT2D eigenvalue weighted by molar-refractivity contribution is 5.32. The summed E-state index contributed by atoms with van der Waals surface area (Å²) in [6, 6.07) is 6.29. The molecule has 0 N–H and O–H groups in total. The summed E-state index contributed by atoms with van der Waals surface area (Å²) in [5.74, 6) is -0.386. The van der Waals surface area contributed by atoms with E-state index in [0.29, 0.717) is 17.7 Å². The number of unbranched alkanes of at least 4 members (excludes halogenated alkanes) is 1. The minimum absolute atomic E-state index is 0.245. The maximum absolute atomic E-state index is 13.4. The number of rotatable bonds is 6. The maximum atomic E-state index is 13.4. The first-order valence-electron chi connectivity index (χ1n) is 5.15. The average molecular weight is 219 g/mol. The van der Waals surface area contributed by atoms with Gasteiger partial charge in [0.05, 0.1) is 18.2 Å². The lowest BCUT2D eigenvalue weighted by Gasteiger charge is -2.04. The van der Waals surface area contributed by atoms with E-state index in [2.05, 4.69) is 6.58 Å². The Morgan fingerprint density at radius 1 is 1.50 bits per heavy atom. The number of ether oxygens (including phenoxy) is 1. The topological polar surface area (TPSA) is 33.0 Å². The Kier molecular flexibility index (Phi) is 5.24. The summed E-state index contributed by atoms with van der Waals surface area (Å²) in [5.41, 5.74) is 0.811. The van der Waals surface area contributed by atoms with Crippen LogP contribution in [-0.4, -0.2) is 6.61 Å². The summed E-state index contributed by atoms with van der Waals surface area (Å²) in [6.07, 6.45) is 3.61. The van der Waals surface area contributed by atoms with Crippen LogP contribution in [0.4, 0.5) is 4.39 Å². The molecule has 0 saturated heterocycles. The number of allylic oxidation sites excluding steroid dienone is 1. The number of benzene rings is 1. The van der Waals surface area contributed by atoms with E-state index in [1.807, 2.05) is 12.1 Å². The molecule has 0 aliphatic rings. The van der Waals surface area contributed by atoms with Crippen molar-refractivity contribution < 1.29 is 9.13 Å². The number of hydrogen-bond donors (Lipinski definition) is 0. The van der Waals surface area contributed by atoms with Crippen LogP contribution in [-0.2, 0) is 11.3 Å². The summed E-state index contributed by atoms with van der Waals surface area (Å²) in [5, 5.41) is 8.57. The van der Waals surface area contributed by atoms with Gasteiger partial charge in [-0.15, -0.1) is 6.58 Å². The molecular weight excluding hydrogens is 205 g/mol. The molecule has 0 radical (unpaired) electrons. The van der Waals surface area contributed by atoms with Gasteiger partial charge in [0.2, 0.25) is 0 Å². The molecule has 0 unspecified atom stereocenters. The van der Waals surface area contributed by atoms with Gasteiger partial charge in [-0.2, -0.15) is 5.26 Å². The van der Waals surface area contributed by atoms with Crippen LogP contribution in [0.1, 0.15) is 24.0 Å². The van der Waals surface area contributed by atoms with Crippen LogP contribution in [0.2, 0.25) is 0 Å². The summed E-state index contributed by atoms with van der Waals surface area (Å²) < 4.78 is 18.7. The van der Waals surface area contributed by atoms with Crippen LogP contribution in [0.25, 0.3) is 0 Å². The predicted molar refractivity (Wildman–Crippen MR) is 60.2 cm³/mol. The molecule has 84 valence electrons. The van der Waals surface area contributed by atoms with Crippen LogP contribution in [0.3, 0.4) is 0 Å². The minimum atomic E-state index is -0.386. The van der Waals surface area contributed by atoms with Gasteiger partial charge in [0.1, 0.15) is 5.82 Å². The maximum Gasteiger partial charge on any atom is 0.130 e. The van der Waals surface area contributed by atoms with Gasteiger partial charge >= 0.3 is 0 Å². The van der Waals surface area contributed by atoms with Gasteiger partial charge in [-0.3, -0.25) is 0 Å². The van der Waals surface area contributed by atoms with Crippen molar-refractivity contribution in [3.8, 4) is 6.07 Å². The normalized spacial score (nSPS) is 9.75. The molecule has 1 aromatic carbocycles. The zero-order valence-corrected chi connectivity index (χ0v) is 9.08. The zero-order chi connectivity index (χ0) is 11.8. The minimum Gasteiger partial charge on any atom is -0.377 e. The molecule has 0 heterocycles. The summed E-state index contributed by atoms with van der Waals surface area (Å²) in [4.78, 5) is 0. The Morgan fingerprint density at radius 2 is 2.31 bits per heavy atom. The van der Waals surface area contributed by atoms with Gasteiger partial charge in [0.25, 0.3) is 0 Å². The van der Waals surface area contributed by atoms with Crippen molar-refractivity contribution in [1.29, 1.82) is 5.26 Å². The molecule has 2 nitrogen and oxygen atoms in total. The Labute approximate surface area is 95.0 Å². The highest BCUT2D eigenvalue weighted by atomic mass is 19.1. The molecule has 0 spiro atoms. The molecule has 0 atom stereocenters. The average Bonchev–Trinajstić information content (AvgIpc) is 2.30. The van der Waals surface area contributed by atoms with E-state index in [9.17, 15) is 4.39 Å². The standard InChI is InChI=1S/C13H14FNO/c1-2-3-4-7-16-10-12-6-5-11(9-15)8-13(12)14/h2,5-6,8H,1,3-4,7,10H2. The van der Waals surface area contributed by atoms with Gasteiger partial charge in [-0.05, 0) is 25.0 Å². The number of nitriles is 1. The fraction of sp³-hybridized carbons (Fsp3) is 0.308. The van der Waals surface area contributed by atoms with Gasteiger partial charge in [-0.1, -0.05) is 12.1 Å². The molecule has 0 aromatic heterocycles. The second-order valence-electron chi connectivity index (χ2n) is 3.40. The van der Waals surface area contributed by atoms with Crippen LogP contribution in [0, 0.1) is 17.1 Å². The third-order valence-corrected chi connectivity index (χ3v) is 2.14. The van der Waals surface area contributed by atoms with E-state index in [1.165, 1.54) is 6.07 Å². The summed E-state index contributed by atoms with van der Waals surface area (Å²) in [7, 11) is 0. The SMILES string of the molecule is C=CCCCOCc1ccc(C#N)cc1F. The molecule has 16 heavy (non-hydrogen) atoms. The van der Waals surface area contributed by atoms with Crippen molar-refractivity contribution in [2.45, 2.75) is 19.4 Å². The van der Waals surface area contributed by atoms with Crippen LogP contribution in [0.15, 0.2) is 30.9 Å². The number of hydrogen-bond acceptors (Lipinski definition) is 2. The first kappa shape index (κ1) is 12.4. The number of halogens is 1. The van der Waals surface area contributed by atoms with E-state index in [1.54, 1.807) is 12.1 Å². The van der Waals surface area contributed by atoms with Gasteiger partial charge in [-0.25, -0.2) is 4.39 Å². The Hall–Kier alpha value is -1.66. The van der Waals surface area contributed by atoms with Crippen molar-refractivity contribution in [3.05, 3.63) is 47.8 Å². The summed E-state index contributed by atoms with van der Waals surface area (Å²) in [6.45, 7) is 4.44. The van der Waals surface area contributed by atoms with E-state index >= 15 is 0 Å². The Balaban J connectivity index is 2.43. The molecule has 0 saturated carbocycles. The first-order chi connectivity index (χ1) is 7.77. The van der Waals surface area contributed by atoms with Crippen LogP contribution >= 0.6 is 0 Å². The van der Waals surface area contributed by atoms with Crippen molar-refractivity contribution in [2.24, 2.45) is 0 Å². The van der Waals surface area contributed by atoms with E-state index in [4.69, 9.17) is 10.00 Å². The van der Waals surface area contributed by atoms with Crippen molar-refractivity contribution in [3.63, 3.8) is 0 Å². The van der Waals surface area contributed by atoms with E-state index in [-0.39, 0.29) is 12.4 Å². The lowest BCUT2D eigenvalue weighted by Crippen LogP contribution is -1.98. The smallest absolute Gasteiger partial charge is 0.130 e. The monoisotopic (exact) mass is 219 g/mol. The highest BCUT2D eigenvalue weighted by Gasteiger charge is 2.03. The van der Waals surface area contributed by atoms with Crippen LogP contribution < -0.4 is 0 Å². The van der Waals surface area contributed by atoms with Crippen molar-refractivity contribution >= 4 is 0 Å². The molecule has 3 heteroatoms. The zero-order valence-electron chi connectivity index (χ0n) is 9.08. The lowest BCUT2D eigenvalue weighted by atomic mass is 10.1. The first-order valence-corrected chi connectivity index (χ1v) is 5.15. The van der Waals surface area contributed by atoms with Gasteiger partial charge in [0, 0.05) is 12.2 Å². The second kappa shape index (κ2) is 6.76. The van der Waals surface area contributed by atoms with Crippen LogP contribution in [0.5, 0.6) is 0 Å². The molecular formula is C13H14FNO. The largest absolute Gasteiger partial charge is 0.377 e. The molecule has 0 fully saturated rings.